The highest BCUT2D eigenvalue weighted by Crippen LogP contribution is 2.18. The molecule has 0 bridgehead atoms. The second kappa shape index (κ2) is 7.09. The molecule has 2 aromatic rings. The van der Waals surface area contributed by atoms with Gasteiger partial charge in [0.15, 0.2) is 0 Å². The van der Waals surface area contributed by atoms with Crippen molar-refractivity contribution in [3.05, 3.63) is 51.7 Å². The van der Waals surface area contributed by atoms with Gasteiger partial charge in [-0.05, 0) is 42.0 Å². The summed E-state index contributed by atoms with van der Waals surface area (Å²) in [5, 5.41) is 23.1. The van der Waals surface area contributed by atoms with Crippen molar-refractivity contribution in [3.8, 4) is 5.75 Å². The van der Waals surface area contributed by atoms with Crippen molar-refractivity contribution >= 4 is 23.2 Å². The number of amides is 1. The van der Waals surface area contributed by atoms with Crippen molar-refractivity contribution in [2.75, 3.05) is 0 Å². The number of phenolic OH excluding ortho intramolecular Hbond substituents is 1. The molecule has 1 aromatic carbocycles. The molecule has 0 spiro atoms. The van der Waals surface area contributed by atoms with Crippen molar-refractivity contribution in [2.45, 2.75) is 25.8 Å². The number of rotatable bonds is 6. The van der Waals surface area contributed by atoms with E-state index in [-0.39, 0.29) is 29.0 Å². The SMILES string of the molecule is CC(Cc1ccccc1O)NC(=O)Cc1csc(C(=O)O)c1. The van der Waals surface area contributed by atoms with Gasteiger partial charge in [0, 0.05) is 6.04 Å². The molecule has 1 unspecified atom stereocenters. The molecule has 0 saturated carbocycles. The Morgan fingerprint density at radius 2 is 2.05 bits per heavy atom. The summed E-state index contributed by atoms with van der Waals surface area (Å²) in [4.78, 5) is 23.0. The summed E-state index contributed by atoms with van der Waals surface area (Å²) < 4.78 is 0. The van der Waals surface area contributed by atoms with Crippen molar-refractivity contribution in [3.63, 3.8) is 0 Å². The quantitative estimate of drug-likeness (QED) is 0.763. The number of hydrogen-bond donors (Lipinski definition) is 3. The Morgan fingerprint density at radius 3 is 2.68 bits per heavy atom. The number of nitrogens with one attached hydrogen (secondary N) is 1. The van der Waals surface area contributed by atoms with Gasteiger partial charge >= 0.3 is 5.97 Å². The van der Waals surface area contributed by atoms with Crippen LogP contribution in [0, 0.1) is 0 Å². The first-order valence-electron chi connectivity index (χ1n) is 6.82. The van der Waals surface area contributed by atoms with E-state index >= 15 is 0 Å². The van der Waals surface area contributed by atoms with E-state index in [9.17, 15) is 14.7 Å². The third-order valence-electron chi connectivity index (χ3n) is 3.15. The van der Waals surface area contributed by atoms with Gasteiger partial charge < -0.3 is 15.5 Å². The summed E-state index contributed by atoms with van der Waals surface area (Å²) in [7, 11) is 0. The third-order valence-corrected chi connectivity index (χ3v) is 4.12. The minimum atomic E-state index is -0.982. The first-order valence-corrected chi connectivity index (χ1v) is 7.70. The Labute approximate surface area is 132 Å². The number of carboxylic acids is 1. The lowest BCUT2D eigenvalue weighted by atomic mass is 10.1. The predicted molar refractivity (Wildman–Crippen MR) is 84.4 cm³/mol. The second-order valence-electron chi connectivity index (χ2n) is 5.10. The van der Waals surface area contributed by atoms with Crippen LogP contribution in [0.2, 0.25) is 0 Å². The molecule has 1 atom stereocenters. The number of carbonyl (C=O) groups is 2. The lowest BCUT2D eigenvalue weighted by Gasteiger charge is -2.14. The molecule has 0 aliphatic rings. The van der Waals surface area contributed by atoms with E-state index < -0.39 is 5.97 Å². The summed E-state index contributed by atoms with van der Waals surface area (Å²) in [6, 6.07) is 8.40. The van der Waals surface area contributed by atoms with Crippen molar-refractivity contribution in [1.29, 1.82) is 0 Å². The maximum atomic E-state index is 12.0. The molecule has 3 N–H and O–H groups in total. The standard InChI is InChI=1S/C16H17NO4S/c1-10(6-12-4-2-3-5-13(12)18)17-15(19)8-11-7-14(16(20)21)22-9-11/h2-5,7,9-10,18H,6,8H2,1H3,(H,17,19)(H,20,21). The molecule has 0 aliphatic heterocycles. The maximum absolute atomic E-state index is 12.0. The number of aromatic carboxylic acids is 1. The summed E-state index contributed by atoms with van der Waals surface area (Å²) >= 11 is 1.11. The summed E-state index contributed by atoms with van der Waals surface area (Å²) in [6.07, 6.45) is 0.678. The minimum Gasteiger partial charge on any atom is -0.508 e. The van der Waals surface area contributed by atoms with Gasteiger partial charge in [-0.1, -0.05) is 18.2 Å². The zero-order valence-electron chi connectivity index (χ0n) is 12.1. The van der Waals surface area contributed by atoms with Gasteiger partial charge in [-0.2, -0.15) is 0 Å². The Kier molecular flexibility index (Phi) is 5.16. The number of phenols is 1. The molecule has 5 nitrogen and oxygen atoms in total. The Hall–Kier alpha value is -2.34. The average Bonchev–Trinajstić information content (AvgIpc) is 2.89. The van der Waals surface area contributed by atoms with E-state index in [1.165, 1.54) is 6.07 Å². The van der Waals surface area contributed by atoms with Gasteiger partial charge in [-0.3, -0.25) is 4.79 Å². The molecule has 0 aliphatic carbocycles. The number of carbonyl (C=O) groups excluding carboxylic acids is 1. The maximum Gasteiger partial charge on any atom is 0.345 e. The van der Waals surface area contributed by atoms with Gasteiger partial charge in [-0.15, -0.1) is 11.3 Å². The van der Waals surface area contributed by atoms with E-state index in [2.05, 4.69) is 5.32 Å². The van der Waals surface area contributed by atoms with Gasteiger partial charge in [0.25, 0.3) is 0 Å². The third kappa shape index (κ3) is 4.33. The van der Waals surface area contributed by atoms with Crippen LogP contribution in [-0.4, -0.2) is 28.1 Å². The van der Waals surface area contributed by atoms with Crippen LogP contribution < -0.4 is 5.32 Å². The van der Waals surface area contributed by atoms with Crippen LogP contribution in [0.4, 0.5) is 0 Å². The van der Waals surface area contributed by atoms with Gasteiger partial charge in [0.2, 0.25) is 5.91 Å². The van der Waals surface area contributed by atoms with Crippen molar-refractivity contribution in [1.82, 2.24) is 5.32 Å². The Bertz CT molecular complexity index is 680. The zero-order chi connectivity index (χ0) is 16.1. The van der Waals surface area contributed by atoms with E-state index in [1.807, 2.05) is 19.1 Å². The molecular formula is C16H17NO4S. The molecule has 2 rings (SSSR count). The fourth-order valence-electron chi connectivity index (χ4n) is 2.16. The molecule has 1 aromatic heterocycles. The number of hydrogen-bond acceptors (Lipinski definition) is 4. The smallest absolute Gasteiger partial charge is 0.345 e. The van der Waals surface area contributed by atoms with E-state index in [0.29, 0.717) is 12.0 Å². The number of carboxylic acid groups (broad SMARTS) is 1. The molecule has 22 heavy (non-hydrogen) atoms. The van der Waals surface area contributed by atoms with Crippen molar-refractivity contribution < 1.29 is 19.8 Å². The molecule has 0 radical (unpaired) electrons. The molecule has 0 fully saturated rings. The number of thiophene rings is 1. The number of para-hydroxylation sites is 1. The summed E-state index contributed by atoms with van der Waals surface area (Å²) in [5.41, 5.74) is 1.47. The summed E-state index contributed by atoms with van der Waals surface area (Å²) in [6.45, 7) is 1.86. The number of aromatic hydroxyl groups is 1. The van der Waals surface area contributed by atoms with Crippen molar-refractivity contribution in [2.24, 2.45) is 0 Å². The van der Waals surface area contributed by atoms with E-state index in [0.717, 1.165) is 16.9 Å². The molecule has 6 heteroatoms. The van der Waals surface area contributed by atoms with Crippen LogP contribution in [0.3, 0.4) is 0 Å². The Morgan fingerprint density at radius 1 is 1.32 bits per heavy atom. The largest absolute Gasteiger partial charge is 0.508 e. The summed E-state index contributed by atoms with van der Waals surface area (Å²) in [5.74, 6) is -0.935. The van der Waals surface area contributed by atoms with E-state index in [4.69, 9.17) is 5.11 Å². The highest BCUT2D eigenvalue weighted by molar-refractivity contribution is 7.12. The molecule has 1 heterocycles. The monoisotopic (exact) mass is 319 g/mol. The van der Waals surface area contributed by atoms with Gasteiger partial charge in [0.05, 0.1) is 6.42 Å². The highest BCUT2D eigenvalue weighted by Gasteiger charge is 2.13. The van der Waals surface area contributed by atoms with Crippen LogP contribution in [0.15, 0.2) is 35.7 Å². The fourth-order valence-corrected chi connectivity index (χ4v) is 2.91. The number of benzene rings is 1. The van der Waals surface area contributed by atoms with Gasteiger partial charge in [0.1, 0.15) is 10.6 Å². The van der Waals surface area contributed by atoms with Crippen LogP contribution >= 0.6 is 11.3 Å². The normalized spacial score (nSPS) is 11.9. The zero-order valence-corrected chi connectivity index (χ0v) is 12.9. The van der Waals surface area contributed by atoms with Crippen LogP contribution in [0.1, 0.15) is 27.7 Å². The topological polar surface area (TPSA) is 86.6 Å². The van der Waals surface area contributed by atoms with Crippen LogP contribution in [0.25, 0.3) is 0 Å². The molecule has 1 amide bonds. The first-order chi connectivity index (χ1) is 10.5. The van der Waals surface area contributed by atoms with Crippen LogP contribution in [-0.2, 0) is 17.6 Å². The lowest BCUT2D eigenvalue weighted by Crippen LogP contribution is -2.35. The van der Waals surface area contributed by atoms with Crippen LogP contribution in [0.5, 0.6) is 5.75 Å². The second-order valence-corrected chi connectivity index (χ2v) is 6.01. The molecule has 0 saturated heterocycles. The lowest BCUT2D eigenvalue weighted by molar-refractivity contribution is -0.121. The highest BCUT2D eigenvalue weighted by atomic mass is 32.1. The molecular weight excluding hydrogens is 302 g/mol. The average molecular weight is 319 g/mol. The van der Waals surface area contributed by atoms with Gasteiger partial charge in [-0.25, -0.2) is 4.79 Å². The fraction of sp³-hybridized carbons (Fsp3) is 0.250. The minimum absolute atomic E-state index is 0.127. The molecule has 116 valence electrons. The Balaban J connectivity index is 1.88. The predicted octanol–water partition coefficient (Wildman–Crippen LogP) is 2.44. The first kappa shape index (κ1) is 16.0. The van der Waals surface area contributed by atoms with E-state index in [1.54, 1.807) is 17.5 Å².